The largest absolute Gasteiger partial charge is 0.367 e. The summed E-state index contributed by atoms with van der Waals surface area (Å²) < 4.78 is 32.9. The lowest BCUT2D eigenvalue weighted by Gasteiger charge is -2.38. The van der Waals surface area contributed by atoms with Gasteiger partial charge >= 0.3 is 0 Å². The van der Waals surface area contributed by atoms with Crippen molar-refractivity contribution < 1.29 is 23.4 Å². The van der Waals surface area contributed by atoms with Gasteiger partial charge in [0.15, 0.2) is 6.29 Å². The number of nitrogens with one attached hydrogen (secondary N) is 2. The van der Waals surface area contributed by atoms with E-state index in [9.17, 15) is 18.7 Å². The molecule has 0 saturated carbocycles. The molecule has 3 atom stereocenters. The summed E-state index contributed by atoms with van der Waals surface area (Å²) in [6.45, 7) is 9.29. The van der Waals surface area contributed by atoms with Crippen LogP contribution in [0, 0.1) is 0 Å². The first kappa shape index (κ1) is 28.6. The highest BCUT2D eigenvalue weighted by molar-refractivity contribution is 5.82. The molecule has 1 amide bonds. The average molecular weight is 485 g/mol. The van der Waals surface area contributed by atoms with Crippen molar-refractivity contribution in [2.75, 3.05) is 46.8 Å². The molecular weight excluding hydrogens is 442 g/mol. The maximum Gasteiger partial charge on any atom is 0.270 e. The van der Waals surface area contributed by atoms with Gasteiger partial charge in [-0.25, -0.2) is 8.78 Å². The number of benzene rings is 1. The summed E-state index contributed by atoms with van der Waals surface area (Å²) in [5.74, 6) is -2.86. The Labute approximate surface area is 202 Å². The molecular formula is C25H42F2N4O3. The molecule has 194 valence electrons. The molecule has 1 aliphatic heterocycles. The number of hydrogen-bond acceptors (Lipinski definition) is 6. The minimum Gasteiger partial charge on any atom is -0.367 e. The SMILES string of the molecule is CN[C@H]1CCNCCN([C@@H](Cc2ccc(C(C)(F)F)cc2)CN(C)CC(O)OC(C)(C)C)C1=O. The number of rotatable bonds is 10. The summed E-state index contributed by atoms with van der Waals surface area (Å²) in [6, 6.07) is 5.81. The van der Waals surface area contributed by atoms with E-state index < -0.39 is 17.8 Å². The third-order valence-electron chi connectivity index (χ3n) is 5.92. The highest BCUT2D eigenvalue weighted by Crippen LogP contribution is 2.27. The van der Waals surface area contributed by atoms with Crippen LogP contribution in [0.25, 0.3) is 0 Å². The zero-order valence-electron chi connectivity index (χ0n) is 21.4. The Bertz CT molecular complexity index is 765. The normalized spacial score (nSPS) is 20.2. The Kier molecular flexibility index (Phi) is 10.4. The van der Waals surface area contributed by atoms with E-state index in [-0.39, 0.29) is 30.1 Å². The zero-order chi connectivity index (χ0) is 25.5. The van der Waals surface area contributed by atoms with Crippen molar-refractivity contribution in [3.05, 3.63) is 35.4 Å². The Hall–Kier alpha value is -1.65. The lowest BCUT2D eigenvalue weighted by Crippen LogP contribution is -2.57. The lowest BCUT2D eigenvalue weighted by molar-refractivity contribution is -0.173. The molecule has 7 nitrogen and oxygen atoms in total. The van der Waals surface area contributed by atoms with Gasteiger partial charge < -0.3 is 25.4 Å². The number of carbonyl (C=O) groups is 1. The number of aliphatic hydroxyl groups excluding tert-OH is 1. The maximum atomic E-state index is 13.7. The predicted molar refractivity (Wildman–Crippen MR) is 130 cm³/mol. The molecule has 1 aromatic carbocycles. The van der Waals surface area contributed by atoms with E-state index in [1.165, 1.54) is 12.1 Å². The van der Waals surface area contributed by atoms with E-state index in [1.54, 1.807) is 19.2 Å². The minimum absolute atomic E-state index is 0.0330. The predicted octanol–water partition coefficient (Wildman–Crippen LogP) is 2.18. The average Bonchev–Trinajstić information content (AvgIpc) is 2.69. The van der Waals surface area contributed by atoms with Crippen molar-refractivity contribution >= 4 is 5.91 Å². The first-order chi connectivity index (χ1) is 15.8. The monoisotopic (exact) mass is 484 g/mol. The third-order valence-corrected chi connectivity index (χ3v) is 5.92. The van der Waals surface area contributed by atoms with Gasteiger partial charge in [-0.15, -0.1) is 0 Å². The van der Waals surface area contributed by atoms with E-state index in [1.807, 2.05) is 37.6 Å². The van der Waals surface area contributed by atoms with Gasteiger partial charge in [0.1, 0.15) is 0 Å². The van der Waals surface area contributed by atoms with Gasteiger partial charge in [-0.05, 0) is 59.8 Å². The van der Waals surface area contributed by atoms with Crippen LogP contribution in [-0.2, 0) is 21.9 Å². The van der Waals surface area contributed by atoms with Crippen LogP contribution in [0.3, 0.4) is 0 Å². The van der Waals surface area contributed by atoms with Crippen LogP contribution in [0.2, 0.25) is 0 Å². The number of amides is 1. The molecule has 0 aliphatic carbocycles. The van der Waals surface area contributed by atoms with Gasteiger partial charge in [0, 0.05) is 44.7 Å². The van der Waals surface area contributed by atoms with Crippen molar-refractivity contribution in [3.63, 3.8) is 0 Å². The maximum absolute atomic E-state index is 13.7. The molecule has 3 N–H and O–H groups in total. The van der Waals surface area contributed by atoms with E-state index in [2.05, 4.69) is 10.6 Å². The van der Waals surface area contributed by atoms with Crippen LogP contribution in [-0.4, -0.2) is 91.6 Å². The molecule has 0 aromatic heterocycles. The van der Waals surface area contributed by atoms with Gasteiger partial charge in [-0.3, -0.25) is 9.69 Å². The third kappa shape index (κ3) is 9.19. The van der Waals surface area contributed by atoms with Crippen molar-refractivity contribution in [2.45, 2.75) is 70.4 Å². The Morgan fingerprint density at radius 2 is 1.85 bits per heavy atom. The molecule has 34 heavy (non-hydrogen) atoms. The van der Waals surface area contributed by atoms with Crippen LogP contribution in [0.5, 0.6) is 0 Å². The molecule has 0 radical (unpaired) electrons. The van der Waals surface area contributed by atoms with Crippen LogP contribution >= 0.6 is 0 Å². The van der Waals surface area contributed by atoms with Gasteiger partial charge in [0.05, 0.1) is 11.6 Å². The van der Waals surface area contributed by atoms with Crippen LogP contribution in [0.1, 0.15) is 45.2 Å². The van der Waals surface area contributed by atoms with E-state index in [4.69, 9.17) is 4.74 Å². The van der Waals surface area contributed by atoms with Crippen molar-refractivity contribution in [1.29, 1.82) is 0 Å². The number of ether oxygens (including phenoxy) is 1. The molecule has 1 heterocycles. The summed E-state index contributed by atoms with van der Waals surface area (Å²) in [7, 11) is 3.67. The number of halogens is 2. The quantitative estimate of drug-likeness (QED) is 0.442. The summed E-state index contributed by atoms with van der Waals surface area (Å²) in [5.41, 5.74) is 0.365. The second-order valence-corrected chi connectivity index (χ2v) is 10.3. The highest BCUT2D eigenvalue weighted by Gasteiger charge is 2.31. The molecule has 0 spiro atoms. The summed E-state index contributed by atoms with van der Waals surface area (Å²) in [5, 5.41) is 16.8. The van der Waals surface area contributed by atoms with Crippen LogP contribution < -0.4 is 10.6 Å². The van der Waals surface area contributed by atoms with Crippen molar-refractivity contribution in [3.8, 4) is 0 Å². The smallest absolute Gasteiger partial charge is 0.270 e. The van der Waals surface area contributed by atoms with E-state index in [0.717, 1.165) is 19.0 Å². The number of aliphatic hydroxyl groups is 1. The number of likely N-dealkylation sites (N-methyl/N-ethyl adjacent to an activating group) is 2. The highest BCUT2D eigenvalue weighted by atomic mass is 19.3. The van der Waals surface area contributed by atoms with Crippen LogP contribution in [0.15, 0.2) is 24.3 Å². The zero-order valence-corrected chi connectivity index (χ0v) is 21.4. The summed E-state index contributed by atoms with van der Waals surface area (Å²) >= 11 is 0. The molecule has 1 aromatic rings. The first-order valence-corrected chi connectivity index (χ1v) is 12.0. The summed E-state index contributed by atoms with van der Waals surface area (Å²) in [6.07, 6.45) is 0.233. The van der Waals surface area contributed by atoms with E-state index >= 15 is 0 Å². The van der Waals surface area contributed by atoms with Crippen molar-refractivity contribution in [1.82, 2.24) is 20.4 Å². The van der Waals surface area contributed by atoms with Gasteiger partial charge in [0.25, 0.3) is 5.92 Å². The number of carbonyl (C=O) groups excluding carboxylic acids is 1. The fourth-order valence-corrected chi connectivity index (χ4v) is 4.26. The minimum atomic E-state index is -2.90. The fourth-order valence-electron chi connectivity index (χ4n) is 4.26. The second kappa shape index (κ2) is 12.4. The number of alkyl halides is 2. The molecule has 1 fully saturated rings. The van der Waals surface area contributed by atoms with E-state index in [0.29, 0.717) is 32.5 Å². The molecule has 1 unspecified atom stereocenters. The molecule has 0 bridgehead atoms. The first-order valence-electron chi connectivity index (χ1n) is 12.0. The Morgan fingerprint density at radius 3 is 2.41 bits per heavy atom. The molecule has 2 rings (SSSR count). The number of hydrogen-bond donors (Lipinski definition) is 3. The topological polar surface area (TPSA) is 77.1 Å². The molecule has 1 saturated heterocycles. The second-order valence-electron chi connectivity index (χ2n) is 10.3. The van der Waals surface area contributed by atoms with Gasteiger partial charge in [-0.1, -0.05) is 24.3 Å². The number of nitrogens with zero attached hydrogens (tertiary/aromatic N) is 2. The standard InChI is InChI=1S/C25H42F2N4O3/c1-24(2,3)34-22(32)17-30(6)16-20(15-18-7-9-19(10-8-18)25(4,26)27)31-14-13-29-12-11-21(28-5)23(31)33/h7-10,20-22,28-29,32H,11-17H2,1-6H3/t20-,21-,22?/m0/s1. The Morgan fingerprint density at radius 1 is 1.21 bits per heavy atom. The molecule has 9 heteroatoms. The lowest BCUT2D eigenvalue weighted by atomic mass is 9.99. The Balaban J connectivity index is 2.23. The molecule has 1 aliphatic rings. The fraction of sp³-hybridized carbons (Fsp3) is 0.720. The van der Waals surface area contributed by atoms with Gasteiger partial charge in [-0.2, -0.15) is 0 Å². The van der Waals surface area contributed by atoms with Crippen molar-refractivity contribution in [2.24, 2.45) is 0 Å². The summed E-state index contributed by atoms with van der Waals surface area (Å²) in [4.78, 5) is 17.2. The van der Waals surface area contributed by atoms with Gasteiger partial charge in [0.2, 0.25) is 5.91 Å². The van der Waals surface area contributed by atoms with Crippen LogP contribution in [0.4, 0.5) is 8.78 Å².